The predicted molar refractivity (Wildman–Crippen MR) is 61.6 cm³/mol. The van der Waals surface area contributed by atoms with Crippen molar-refractivity contribution in [3.8, 4) is 0 Å². The highest BCUT2D eigenvalue weighted by Crippen LogP contribution is 2.36. The molecule has 1 aliphatic carbocycles. The second-order valence-corrected chi connectivity index (χ2v) is 4.46. The van der Waals surface area contributed by atoms with Crippen molar-refractivity contribution in [2.24, 2.45) is 0 Å². The lowest BCUT2D eigenvalue weighted by Gasteiger charge is -2.03. The molecule has 13 heavy (non-hydrogen) atoms. The second kappa shape index (κ2) is 5.38. The van der Waals surface area contributed by atoms with Gasteiger partial charge in [-0.1, -0.05) is 26.0 Å². The minimum absolute atomic E-state index is 0.603. The molecule has 0 radical (unpaired) electrons. The molecule has 0 saturated carbocycles. The van der Waals surface area contributed by atoms with E-state index >= 15 is 0 Å². The van der Waals surface area contributed by atoms with E-state index in [0.717, 1.165) is 6.42 Å². The van der Waals surface area contributed by atoms with Gasteiger partial charge in [-0.15, -0.1) is 11.8 Å². The van der Waals surface area contributed by atoms with Crippen LogP contribution in [0.25, 0.3) is 0 Å². The van der Waals surface area contributed by atoms with Gasteiger partial charge in [0.2, 0.25) is 0 Å². The van der Waals surface area contributed by atoms with Crippen molar-refractivity contribution in [2.75, 3.05) is 0 Å². The molecule has 2 rings (SSSR count). The third-order valence-corrected chi connectivity index (χ3v) is 3.27. The fourth-order valence-corrected chi connectivity index (χ4v) is 2.70. The van der Waals surface area contributed by atoms with Crippen LogP contribution in [0.5, 0.6) is 0 Å². The van der Waals surface area contributed by atoms with E-state index in [1.165, 1.54) is 18.5 Å². The first kappa shape index (κ1) is 10.7. The van der Waals surface area contributed by atoms with E-state index in [0.29, 0.717) is 5.37 Å². The smallest absolute Gasteiger partial charge is 0.0735 e. The van der Waals surface area contributed by atoms with Crippen molar-refractivity contribution in [2.45, 2.75) is 45.4 Å². The standard InChI is InChI=1S/C9H13NS.C2H6/c1-7-10-8-5-3-2-4-6-9(8)11-7;1-2/h2-3,7,10H,4-6H2,1H3;1-2H3. The lowest BCUT2D eigenvalue weighted by atomic mass is 10.3. The van der Waals surface area contributed by atoms with Crippen LogP contribution in [-0.2, 0) is 0 Å². The van der Waals surface area contributed by atoms with E-state index in [2.05, 4.69) is 24.4 Å². The maximum atomic E-state index is 3.49. The Labute approximate surface area is 85.7 Å². The zero-order valence-electron chi connectivity index (χ0n) is 8.76. The second-order valence-electron chi connectivity index (χ2n) is 3.02. The molecule has 0 amide bonds. The highest BCUT2D eigenvalue weighted by molar-refractivity contribution is 8.03. The van der Waals surface area contributed by atoms with E-state index in [4.69, 9.17) is 0 Å². The van der Waals surface area contributed by atoms with Crippen LogP contribution in [0.4, 0.5) is 0 Å². The Morgan fingerprint density at radius 1 is 1.38 bits per heavy atom. The van der Waals surface area contributed by atoms with Crippen molar-refractivity contribution >= 4 is 11.8 Å². The fourth-order valence-electron chi connectivity index (χ4n) is 1.56. The summed E-state index contributed by atoms with van der Waals surface area (Å²) in [6.07, 6.45) is 8.14. The molecule has 0 spiro atoms. The lowest BCUT2D eigenvalue weighted by molar-refractivity contribution is 0.796. The highest BCUT2D eigenvalue weighted by atomic mass is 32.2. The molecule has 0 aromatic rings. The van der Waals surface area contributed by atoms with Crippen LogP contribution in [0.3, 0.4) is 0 Å². The Balaban J connectivity index is 0.000000396. The van der Waals surface area contributed by atoms with E-state index in [9.17, 15) is 0 Å². The third kappa shape index (κ3) is 2.80. The van der Waals surface area contributed by atoms with Crippen molar-refractivity contribution < 1.29 is 0 Å². The van der Waals surface area contributed by atoms with E-state index in [1.54, 1.807) is 4.91 Å². The van der Waals surface area contributed by atoms with Crippen molar-refractivity contribution in [3.05, 3.63) is 22.8 Å². The van der Waals surface area contributed by atoms with Crippen LogP contribution < -0.4 is 5.32 Å². The molecule has 0 aromatic carbocycles. The Kier molecular flexibility index (Phi) is 4.43. The molecule has 0 fully saturated rings. The number of hydrogen-bond acceptors (Lipinski definition) is 2. The predicted octanol–water partition coefficient (Wildman–Crippen LogP) is 3.65. The Hall–Kier alpha value is -0.370. The molecule has 1 nitrogen and oxygen atoms in total. The van der Waals surface area contributed by atoms with Gasteiger partial charge in [0.1, 0.15) is 0 Å². The number of rotatable bonds is 0. The summed E-state index contributed by atoms with van der Waals surface area (Å²) in [6.45, 7) is 6.23. The molecule has 2 heteroatoms. The first-order valence-corrected chi connectivity index (χ1v) is 6.04. The summed E-state index contributed by atoms with van der Waals surface area (Å²) in [5.74, 6) is 0. The Bertz CT molecular complexity index is 218. The third-order valence-electron chi connectivity index (χ3n) is 2.06. The zero-order chi connectivity index (χ0) is 9.68. The molecule has 74 valence electrons. The molecular weight excluding hydrogens is 178 g/mol. The molecule has 1 heterocycles. The van der Waals surface area contributed by atoms with Gasteiger partial charge >= 0.3 is 0 Å². The molecule has 1 aliphatic heterocycles. The number of hydrogen-bond donors (Lipinski definition) is 1. The van der Waals surface area contributed by atoms with E-state index in [1.807, 2.05) is 25.6 Å². The highest BCUT2D eigenvalue weighted by Gasteiger charge is 2.19. The molecular formula is C11H19NS. The van der Waals surface area contributed by atoms with Gasteiger partial charge in [-0.2, -0.15) is 0 Å². The molecule has 1 unspecified atom stereocenters. The minimum atomic E-state index is 0.603. The maximum Gasteiger partial charge on any atom is 0.0735 e. The summed E-state index contributed by atoms with van der Waals surface area (Å²) in [7, 11) is 0. The average Bonchev–Trinajstić information content (AvgIpc) is 2.36. The lowest BCUT2D eigenvalue weighted by Crippen LogP contribution is -2.15. The number of thioether (sulfide) groups is 1. The van der Waals surface area contributed by atoms with Crippen LogP contribution in [0, 0.1) is 0 Å². The van der Waals surface area contributed by atoms with Gasteiger partial charge in [0, 0.05) is 17.0 Å². The zero-order valence-corrected chi connectivity index (χ0v) is 9.58. The van der Waals surface area contributed by atoms with Gasteiger partial charge in [-0.25, -0.2) is 0 Å². The first-order valence-electron chi connectivity index (χ1n) is 5.16. The van der Waals surface area contributed by atoms with Gasteiger partial charge in [-0.3, -0.25) is 0 Å². The number of allylic oxidation sites excluding steroid dienone is 3. The molecule has 1 atom stereocenters. The Morgan fingerprint density at radius 2 is 2.15 bits per heavy atom. The summed E-state index contributed by atoms with van der Waals surface area (Å²) in [5.41, 5.74) is 1.47. The largest absolute Gasteiger partial charge is 0.376 e. The normalized spacial score (nSPS) is 25.6. The van der Waals surface area contributed by atoms with Crippen molar-refractivity contribution in [1.82, 2.24) is 5.32 Å². The molecule has 0 aromatic heterocycles. The molecule has 0 bridgehead atoms. The van der Waals surface area contributed by atoms with Crippen LogP contribution in [0.1, 0.15) is 40.0 Å². The van der Waals surface area contributed by atoms with Crippen LogP contribution >= 0.6 is 11.8 Å². The number of nitrogens with one attached hydrogen (secondary N) is 1. The first-order chi connectivity index (χ1) is 6.36. The maximum absolute atomic E-state index is 3.49. The van der Waals surface area contributed by atoms with E-state index < -0.39 is 0 Å². The van der Waals surface area contributed by atoms with Crippen molar-refractivity contribution in [1.29, 1.82) is 0 Å². The summed E-state index contributed by atoms with van der Waals surface area (Å²) in [6, 6.07) is 0. The van der Waals surface area contributed by atoms with E-state index in [-0.39, 0.29) is 0 Å². The van der Waals surface area contributed by atoms with Gasteiger partial charge in [0.15, 0.2) is 0 Å². The van der Waals surface area contributed by atoms with Crippen LogP contribution in [-0.4, -0.2) is 5.37 Å². The van der Waals surface area contributed by atoms with Crippen LogP contribution in [0.15, 0.2) is 22.8 Å². The fraction of sp³-hybridized carbons (Fsp3) is 0.636. The summed E-state index contributed by atoms with van der Waals surface area (Å²) >= 11 is 1.99. The average molecular weight is 197 g/mol. The molecule has 2 aliphatic rings. The molecule has 1 N–H and O–H groups in total. The van der Waals surface area contributed by atoms with Gasteiger partial charge in [-0.05, 0) is 19.8 Å². The summed E-state index contributed by atoms with van der Waals surface area (Å²) in [5, 5.41) is 4.09. The van der Waals surface area contributed by atoms with Gasteiger partial charge in [0.25, 0.3) is 0 Å². The summed E-state index contributed by atoms with van der Waals surface area (Å²) in [4.78, 5) is 1.59. The van der Waals surface area contributed by atoms with Gasteiger partial charge < -0.3 is 5.32 Å². The van der Waals surface area contributed by atoms with Gasteiger partial charge in [0.05, 0.1) is 5.37 Å². The molecule has 0 saturated heterocycles. The summed E-state index contributed by atoms with van der Waals surface area (Å²) < 4.78 is 0. The quantitative estimate of drug-likeness (QED) is 0.595. The van der Waals surface area contributed by atoms with Crippen molar-refractivity contribution in [3.63, 3.8) is 0 Å². The van der Waals surface area contributed by atoms with Crippen LogP contribution in [0.2, 0.25) is 0 Å². The Morgan fingerprint density at radius 3 is 2.92 bits per heavy atom. The SMILES string of the molecule is CC.CC1NC2=C(CCC=CC2)S1. The topological polar surface area (TPSA) is 12.0 Å². The minimum Gasteiger partial charge on any atom is -0.376 e. The monoisotopic (exact) mass is 197 g/mol.